The third-order valence-electron chi connectivity index (χ3n) is 3.67. The van der Waals surface area contributed by atoms with Gasteiger partial charge in [0.2, 0.25) is 0 Å². The molecule has 0 aromatic heterocycles. The molecule has 1 unspecified atom stereocenters. The molecular formula is C15H23N3O2S. The lowest BCUT2D eigenvalue weighted by Crippen LogP contribution is -2.27. The number of nitro benzene ring substituents is 1. The molecule has 6 heteroatoms. The molecule has 2 N–H and O–H groups in total. The van der Waals surface area contributed by atoms with Crippen molar-refractivity contribution in [2.24, 2.45) is 0 Å². The van der Waals surface area contributed by atoms with Crippen molar-refractivity contribution in [1.29, 1.82) is 0 Å². The Balaban J connectivity index is 2.09. The second kappa shape index (κ2) is 7.02. The van der Waals surface area contributed by atoms with Gasteiger partial charge in [-0.25, -0.2) is 0 Å². The Hall–Kier alpha value is -1.43. The van der Waals surface area contributed by atoms with Gasteiger partial charge in [0, 0.05) is 41.3 Å². The third-order valence-corrected chi connectivity index (χ3v) is 5.21. The number of nitro groups is 1. The van der Waals surface area contributed by atoms with Crippen molar-refractivity contribution < 1.29 is 4.92 Å². The lowest BCUT2D eigenvalue weighted by molar-refractivity contribution is -0.384. The first-order valence-corrected chi connectivity index (χ1v) is 8.42. The van der Waals surface area contributed by atoms with Crippen LogP contribution in [-0.2, 0) is 0 Å². The molecule has 5 nitrogen and oxygen atoms in total. The summed E-state index contributed by atoms with van der Waals surface area (Å²) in [6.45, 7) is 5.98. The van der Waals surface area contributed by atoms with Gasteiger partial charge >= 0.3 is 0 Å². The maximum atomic E-state index is 11.0. The van der Waals surface area contributed by atoms with Crippen LogP contribution in [0.1, 0.15) is 33.1 Å². The lowest BCUT2D eigenvalue weighted by Gasteiger charge is -2.23. The summed E-state index contributed by atoms with van der Waals surface area (Å²) in [5.41, 5.74) is 1.75. The highest BCUT2D eigenvalue weighted by Crippen LogP contribution is 2.38. The number of hydrogen-bond acceptors (Lipinski definition) is 5. The number of hydrogen-bond donors (Lipinski definition) is 2. The molecule has 21 heavy (non-hydrogen) atoms. The number of rotatable bonds is 7. The quantitative estimate of drug-likeness (QED) is 0.586. The topological polar surface area (TPSA) is 67.2 Å². The summed E-state index contributed by atoms with van der Waals surface area (Å²) < 4.78 is 0.238. The number of benzene rings is 1. The van der Waals surface area contributed by atoms with Gasteiger partial charge < -0.3 is 10.6 Å². The lowest BCUT2D eigenvalue weighted by atomic mass is 10.1. The van der Waals surface area contributed by atoms with Crippen LogP contribution in [0.5, 0.6) is 0 Å². The Labute approximate surface area is 130 Å². The average Bonchev–Trinajstić information content (AvgIpc) is 2.90. The fourth-order valence-electron chi connectivity index (χ4n) is 2.46. The molecule has 116 valence electrons. The Bertz CT molecular complexity index is 502. The minimum absolute atomic E-state index is 0.128. The Kier molecular flexibility index (Phi) is 5.33. The van der Waals surface area contributed by atoms with Crippen LogP contribution in [-0.4, -0.2) is 28.5 Å². The van der Waals surface area contributed by atoms with Crippen molar-refractivity contribution in [1.82, 2.24) is 0 Å². The molecule has 1 fully saturated rings. The molecule has 2 rings (SSSR count). The predicted octanol–water partition coefficient (Wildman–Crippen LogP) is 4.11. The first-order chi connectivity index (χ1) is 10.0. The van der Waals surface area contributed by atoms with Crippen molar-refractivity contribution in [2.45, 2.75) is 37.9 Å². The summed E-state index contributed by atoms with van der Waals surface area (Å²) in [5, 5.41) is 17.6. The third kappa shape index (κ3) is 4.52. The zero-order chi connectivity index (χ0) is 15.3. The zero-order valence-electron chi connectivity index (χ0n) is 12.6. The van der Waals surface area contributed by atoms with Crippen LogP contribution >= 0.6 is 11.8 Å². The highest BCUT2D eigenvalue weighted by Gasteiger charge is 2.29. The smallest absolute Gasteiger partial charge is 0.273 e. The van der Waals surface area contributed by atoms with Crippen molar-refractivity contribution in [3.63, 3.8) is 0 Å². The van der Waals surface area contributed by atoms with E-state index >= 15 is 0 Å². The van der Waals surface area contributed by atoms with Crippen LogP contribution in [0.4, 0.5) is 17.1 Å². The van der Waals surface area contributed by atoms with Gasteiger partial charge in [0.1, 0.15) is 0 Å². The predicted molar refractivity (Wildman–Crippen MR) is 90.5 cm³/mol. The average molecular weight is 309 g/mol. The van der Waals surface area contributed by atoms with E-state index in [-0.39, 0.29) is 15.4 Å². The monoisotopic (exact) mass is 309 g/mol. The van der Waals surface area contributed by atoms with Gasteiger partial charge in [0.15, 0.2) is 0 Å². The minimum Gasteiger partial charge on any atom is -0.385 e. The van der Waals surface area contributed by atoms with Crippen LogP contribution in [0.15, 0.2) is 18.2 Å². The van der Waals surface area contributed by atoms with Crippen LogP contribution in [0.2, 0.25) is 0 Å². The Morgan fingerprint density at radius 1 is 1.33 bits per heavy atom. The van der Waals surface area contributed by atoms with Gasteiger partial charge in [0.05, 0.1) is 4.92 Å². The highest BCUT2D eigenvalue weighted by atomic mass is 32.2. The number of anilines is 2. The molecule has 1 heterocycles. The molecule has 1 aromatic carbocycles. The number of thioether (sulfide) groups is 1. The maximum absolute atomic E-state index is 11.0. The molecule has 0 spiro atoms. The van der Waals surface area contributed by atoms with E-state index in [0.29, 0.717) is 0 Å². The van der Waals surface area contributed by atoms with Crippen molar-refractivity contribution >= 4 is 28.8 Å². The van der Waals surface area contributed by atoms with Gasteiger partial charge in [-0.1, -0.05) is 6.92 Å². The molecule has 0 amide bonds. The van der Waals surface area contributed by atoms with Crippen LogP contribution in [0.3, 0.4) is 0 Å². The first kappa shape index (κ1) is 15.9. The summed E-state index contributed by atoms with van der Waals surface area (Å²) in [7, 11) is 0. The molecule has 1 saturated heterocycles. The molecular weight excluding hydrogens is 286 g/mol. The summed E-state index contributed by atoms with van der Waals surface area (Å²) in [4.78, 5) is 10.7. The van der Waals surface area contributed by atoms with E-state index in [9.17, 15) is 10.1 Å². The van der Waals surface area contributed by atoms with E-state index in [4.69, 9.17) is 0 Å². The van der Waals surface area contributed by atoms with Gasteiger partial charge in [-0.05, 0) is 38.0 Å². The van der Waals surface area contributed by atoms with Gasteiger partial charge in [-0.15, -0.1) is 0 Å². The van der Waals surface area contributed by atoms with E-state index in [1.54, 1.807) is 12.1 Å². The Morgan fingerprint density at radius 2 is 2.05 bits per heavy atom. The fraction of sp³-hybridized carbons (Fsp3) is 0.600. The first-order valence-electron chi connectivity index (χ1n) is 7.43. The molecule has 1 aliphatic rings. The molecule has 0 bridgehead atoms. The standard InChI is InChI=1S/C15H23N3O2S/c1-3-6-16-12-8-13(10-14(9-12)18(19)20)17-11-15(2)5-4-7-21-15/h8-10,16-17H,3-7,11H2,1-2H3. The number of non-ortho nitro benzene ring substituents is 1. The van der Waals surface area contributed by atoms with Gasteiger partial charge in [-0.2, -0.15) is 11.8 Å². The second-order valence-corrected chi connectivity index (χ2v) is 7.39. The van der Waals surface area contributed by atoms with Gasteiger partial charge in [0.25, 0.3) is 5.69 Å². The van der Waals surface area contributed by atoms with Crippen molar-refractivity contribution in [3.05, 3.63) is 28.3 Å². The largest absolute Gasteiger partial charge is 0.385 e. The molecule has 0 saturated carbocycles. The van der Waals surface area contributed by atoms with Crippen LogP contribution in [0.25, 0.3) is 0 Å². The second-order valence-electron chi connectivity index (χ2n) is 5.71. The minimum atomic E-state index is -0.339. The van der Waals surface area contributed by atoms with Gasteiger partial charge in [-0.3, -0.25) is 10.1 Å². The molecule has 0 radical (unpaired) electrons. The molecule has 1 aliphatic heterocycles. The summed E-state index contributed by atoms with van der Waals surface area (Å²) >= 11 is 1.98. The summed E-state index contributed by atoms with van der Waals surface area (Å²) in [6.07, 6.45) is 3.43. The molecule has 1 atom stereocenters. The van der Waals surface area contributed by atoms with E-state index in [1.165, 1.54) is 18.6 Å². The van der Waals surface area contributed by atoms with E-state index in [2.05, 4.69) is 24.5 Å². The molecule has 0 aliphatic carbocycles. The van der Waals surface area contributed by atoms with E-state index in [1.807, 2.05) is 17.8 Å². The van der Waals surface area contributed by atoms with Crippen molar-refractivity contribution in [3.8, 4) is 0 Å². The van der Waals surface area contributed by atoms with Crippen LogP contribution < -0.4 is 10.6 Å². The fourth-order valence-corrected chi connectivity index (χ4v) is 3.70. The summed E-state index contributed by atoms with van der Waals surface area (Å²) in [6, 6.07) is 5.15. The highest BCUT2D eigenvalue weighted by molar-refractivity contribution is 8.00. The molecule has 1 aromatic rings. The normalized spacial score (nSPS) is 21.2. The SMILES string of the molecule is CCCNc1cc(NCC2(C)CCCS2)cc([N+](=O)[O-])c1. The number of nitrogens with one attached hydrogen (secondary N) is 2. The Morgan fingerprint density at radius 3 is 2.62 bits per heavy atom. The van der Waals surface area contributed by atoms with E-state index < -0.39 is 0 Å². The zero-order valence-corrected chi connectivity index (χ0v) is 13.5. The van der Waals surface area contributed by atoms with Crippen molar-refractivity contribution in [2.75, 3.05) is 29.5 Å². The maximum Gasteiger partial charge on any atom is 0.273 e. The van der Waals surface area contributed by atoms with E-state index in [0.717, 1.165) is 30.9 Å². The number of nitrogens with zero attached hydrogens (tertiary/aromatic N) is 1. The van der Waals surface area contributed by atoms with Crippen LogP contribution in [0, 0.1) is 10.1 Å². The summed E-state index contributed by atoms with van der Waals surface area (Å²) in [5.74, 6) is 1.20.